The van der Waals surface area contributed by atoms with Gasteiger partial charge in [-0.1, -0.05) is 35.9 Å². The van der Waals surface area contributed by atoms with Crippen molar-refractivity contribution < 1.29 is 9.84 Å². The van der Waals surface area contributed by atoms with Crippen LogP contribution in [-0.4, -0.2) is 36.8 Å². The first-order chi connectivity index (χ1) is 11.2. The third-order valence-electron chi connectivity index (χ3n) is 4.24. The maximum absolute atomic E-state index is 9.97. The van der Waals surface area contributed by atoms with Gasteiger partial charge in [-0.25, -0.2) is 0 Å². The van der Waals surface area contributed by atoms with Crippen molar-refractivity contribution in [1.29, 1.82) is 0 Å². The quantitative estimate of drug-likeness (QED) is 0.864. The molecule has 24 heavy (non-hydrogen) atoms. The van der Waals surface area contributed by atoms with E-state index in [0.717, 1.165) is 36.8 Å². The maximum atomic E-state index is 9.97. The van der Waals surface area contributed by atoms with Crippen LogP contribution in [0.5, 0.6) is 11.5 Å². The summed E-state index contributed by atoms with van der Waals surface area (Å²) in [5, 5.41) is 14.2. The fourth-order valence-electron chi connectivity index (χ4n) is 3.13. The number of rotatable bonds is 4. The van der Waals surface area contributed by atoms with Crippen LogP contribution in [0, 0.1) is 0 Å². The standard InChI is InChI=1S/C18H21ClN2O2.ClH/c1-23-18-14(5-3-7-17(18)22)12-21-9-8-20-11-16(21)13-4-2-6-15(19)10-13;/h2-7,10,16,20,22H,8-9,11-12H2,1H3;1H. The number of benzene rings is 2. The second kappa shape index (κ2) is 8.58. The molecular formula is C18H22Cl2N2O2. The van der Waals surface area contributed by atoms with Gasteiger partial charge >= 0.3 is 0 Å². The summed E-state index contributed by atoms with van der Waals surface area (Å²) in [7, 11) is 1.59. The van der Waals surface area contributed by atoms with Gasteiger partial charge in [-0.05, 0) is 23.8 Å². The molecule has 1 saturated heterocycles. The van der Waals surface area contributed by atoms with Crippen LogP contribution in [0.1, 0.15) is 17.2 Å². The average Bonchev–Trinajstić information content (AvgIpc) is 2.56. The lowest BCUT2D eigenvalue weighted by Crippen LogP contribution is -2.45. The van der Waals surface area contributed by atoms with Gasteiger partial charge in [0.2, 0.25) is 0 Å². The Hall–Kier alpha value is -1.46. The van der Waals surface area contributed by atoms with Crippen molar-refractivity contribution in [3.63, 3.8) is 0 Å². The molecule has 1 heterocycles. The van der Waals surface area contributed by atoms with Gasteiger partial charge in [0.15, 0.2) is 11.5 Å². The first-order valence-corrected chi connectivity index (χ1v) is 8.12. The van der Waals surface area contributed by atoms with Gasteiger partial charge < -0.3 is 15.2 Å². The van der Waals surface area contributed by atoms with E-state index in [2.05, 4.69) is 16.3 Å². The molecule has 3 rings (SSSR count). The van der Waals surface area contributed by atoms with Crippen LogP contribution in [0.2, 0.25) is 5.02 Å². The number of methoxy groups -OCH3 is 1. The van der Waals surface area contributed by atoms with Gasteiger partial charge in [0.25, 0.3) is 0 Å². The summed E-state index contributed by atoms with van der Waals surface area (Å²) in [4.78, 5) is 2.39. The molecule has 1 aliphatic heterocycles. The molecule has 4 nitrogen and oxygen atoms in total. The molecule has 0 spiro atoms. The highest BCUT2D eigenvalue weighted by atomic mass is 35.5. The lowest BCUT2D eigenvalue weighted by atomic mass is 10.0. The summed E-state index contributed by atoms with van der Waals surface area (Å²) in [6.45, 7) is 3.46. The van der Waals surface area contributed by atoms with Gasteiger partial charge in [0.05, 0.1) is 7.11 Å². The molecule has 6 heteroatoms. The first-order valence-electron chi connectivity index (χ1n) is 7.74. The Morgan fingerprint density at radius 2 is 2.08 bits per heavy atom. The Kier molecular flexibility index (Phi) is 6.75. The molecule has 1 atom stereocenters. The Bertz CT molecular complexity index is 682. The third-order valence-corrected chi connectivity index (χ3v) is 4.48. The number of phenols is 1. The van der Waals surface area contributed by atoms with E-state index < -0.39 is 0 Å². The van der Waals surface area contributed by atoms with Crippen LogP contribution in [0.15, 0.2) is 42.5 Å². The number of hydrogen-bond acceptors (Lipinski definition) is 4. The van der Waals surface area contributed by atoms with Crippen molar-refractivity contribution >= 4 is 24.0 Å². The maximum Gasteiger partial charge on any atom is 0.164 e. The number of piperazine rings is 1. The summed E-state index contributed by atoms with van der Waals surface area (Å²) < 4.78 is 5.36. The van der Waals surface area contributed by atoms with Crippen molar-refractivity contribution in [2.75, 3.05) is 26.7 Å². The molecule has 0 bridgehead atoms. The zero-order valence-electron chi connectivity index (χ0n) is 13.5. The first kappa shape index (κ1) is 18.9. The van der Waals surface area contributed by atoms with Crippen molar-refractivity contribution in [3.05, 3.63) is 58.6 Å². The minimum Gasteiger partial charge on any atom is -0.504 e. The van der Waals surface area contributed by atoms with Crippen molar-refractivity contribution in [3.8, 4) is 11.5 Å². The van der Waals surface area contributed by atoms with Crippen LogP contribution in [0.25, 0.3) is 0 Å². The average molecular weight is 369 g/mol. The zero-order valence-corrected chi connectivity index (χ0v) is 15.1. The van der Waals surface area contributed by atoms with Crippen molar-refractivity contribution in [2.45, 2.75) is 12.6 Å². The Balaban J connectivity index is 0.00000208. The van der Waals surface area contributed by atoms with E-state index in [-0.39, 0.29) is 24.2 Å². The number of aromatic hydroxyl groups is 1. The number of phenolic OH excluding ortho intramolecular Hbond substituents is 1. The molecule has 0 saturated carbocycles. The third kappa shape index (κ3) is 4.14. The van der Waals surface area contributed by atoms with Crippen LogP contribution >= 0.6 is 24.0 Å². The minimum atomic E-state index is 0. The monoisotopic (exact) mass is 368 g/mol. The molecule has 2 aromatic carbocycles. The van der Waals surface area contributed by atoms with E-state index in [1.54, 1.807) is 13.2 Å². The predicted molar refractivity (Wildman–Crippen MR) is 99.4 cm³/mol. The summed E-state index contributed by atoms with van der Waals surface area (Å²) in [5.74, 6) is 0.732. The van der Waals surface area contributed by atoms with Crippen LogP contribution in [0.3, 0.4) is 0 Å². The molecule has 1 fully saturated rings. The van der Waals surface area contributed by atoms with Gasteiger partial charge in [-0.3, -0.25) is 4.90 Å². The summed E-state index contributed by atoms with van der Waals surface area (Å²) in [6.07, 6.45) is 0. The lowest BCUT2D eigenvalue weighted by molar-refractivity contribution is 0.152. The summed E-state index contributed by atoms with van der Waals surface area (Å²) in [5.41, 5.74) is 2.19. The summed E-state index contributed by atoms with van der Waals surface area (Å²) >= 11 is 6.15. The minimum absolute atomic E-state index is 0. The second-order valence-electron chi connectivity index (χ2n) is 5.71. The van der Waals surface area contributed by atoms with E-state index in [1.165, 1.54) is 5.56 Å². The zero-order chi connectivity index (χ0) is 16.2. The van der Waals surface area contributed by atoms with Gasteiger partial charge in [-0.15, -0.1) is 12.4 Å². The van der Waals surface area contributed by atoms with E-state index in [0.29, 0.717) is 5.75 Å². The number of ether oxygens (including phenoxy) is 1. The van der Waals surface area contributed by atoms with Crippen LogP contribution in [0.4, 0.5) is 0 Å². The lowest BCUT2D eigenvalue weighted by Gasteiger charge is -2.37. The van der Waals surface area contributed by atoms with Gasteiger partial charge in [0.1, 0.15) is 0 Å². The van der Waals surface area contributed by atoms with Crippen molar-refractivity contribution in [2.24, 2.45) is 0 Å². The highest BCUT2D eigenvalue weighted by Gasteiger charge is 2.25. The molecule has 0 aromatic heterocycles. The normalized spacial score (nSPS) is 18.0. The molecule has 130 valence electrons. The van der Waals surface area contributed by atoms with E-state index in [4.69, 9.17) is 16.3 Å². The fraction of sp³-hybridized carbons (Fsp3) is 0.333. The van der Waals surface area contributed by atoms with E-state index in [9.17, 15) is 5.11 Å². The fourth-order valence-corrected chi connectivity index (χ4v) is 3.33. The molecule has 2 N–H and O–H groups in total. The Morgan fingerprint density at radius 3 is 2.83 bits per heavy atom. The molecule has 0 radical (unpaired) electrons. The SMILES string of the molecule is COc1c(O)cccc1CN1CCNCC1c1cccc(Cl)c1.Cl. The predicted octanol–water partition coefficient (Wildman–Crippen LogP) is 3.62. The molecule has 1 unspecified atom stereocenters. The molecule has 0 amide bonds. The van der Waals surface area contributed by atoms with Crippen molar-refractivity contribution in [1.82, 2.24) is 10.2 Å². The van der Waals surface area contributed by atoms with Gasteiger partial charge in [-0.2, -0.15) is 0 Å². The molecule has 2 aromatic rings. The number of nitrogens with zero attached hydrogens (tertiary/aromatic N) is 1. The van der Waals surface area contributed by atoms with Crippen LogP contribution in [-0.2, 0) is 6.54 Å². The number of para-hydroxylation sites is 1. The molecular weight excluding hydrogens is 347 g/mol. The number of hydrogen-bond donors (Lipinski definition) is 2. The number of nitrogens with one attached hydrogen (secondary N) is 1. The largest absolute Gasteiger partial charge is 0.504 e. The van der Waals surface area contributed by atoms with E-state index >= 15 is 0 Å². The van der Waals surface area contributed by atoms with Crippen LogP contribution < -0.4 is 10.1 Å². The van der Waals surface area contributed by atoms with E-state index in [1.807, 2.05) is 30.3 Å². The topological polar surface area (TPSA) is 44.7 Å². The highest BCUT2D eigenvalue weighted by Crippen LogP contribution is 2.33. The van der Waals surface area contributed by atoms with Gasteiger partial charge in [0, 0.05) is 42.8 Å². The number of halogens is 2. The highest BCUT2D eigenvalue weighted by molar-refractivity contribution is 6.30. The Labute approximate surface area is 153 Å². The smallest absolute Gasteiger partial charge is 0.164 e. The Morgan fingerprint density at radius 1 is 1.29 bits per heavy atom. The second-order valence-corrected chi connectivity index (χ2v) is 6.15. The molecule has 1 aliphatic rings. The summed E-state index contributed by atoms with van der Waals surface area (Å²) in [6, 6.07) is 13.7. The molecule has 0 aliphatic carbocycles.